The Bertz CT molecular complexity index is 621. The van der Waals surface area contributed by atoms with Crippen LogP contribution in [-0.4, -0.2) is 11.0 Å². The van der Waals surface area contributed by atoms with Crippen LogP contribution in [0, 0.1) is 5.82 Å². The van der Waals surface area contributed by atoms with Gasteiger partial charge in [0, 0.05) is 18.2 Å². The minimum Gasteiger partial charge on any atom is -0.389 e. The molecule has 104 valence electrons. The summed E-state index contributed by atoms with van der Waals surface area (Å²) in [5, 5.41) is 4.16. The summed E-state index contributed by atoms with van der Waals surface area (Å²) >= 11 is 6.55. The van der Waals surface area contributed by atoms with Gasteiger partial charge in [-0.2, -0.15) is 11.3 Å². The summed E-state index contributed by atoms with van der Waals surface area (Å²) in [6.45, 7) is 0.748. The van der Waals surface area contributed by atoms with Gasteiger partial charge in [-0.25, -0.2) is 4.39 Å². The van der Waals surface area contributed by atoms with Crippen molar-refractivity contribution in [1.82, 2.24) is 0 Å². The maximum absolute atomic E-state index is 14.3. The maximum Gasteiger partial charge on any atom is 0.147 e. The summed E-state index contributed by atoms with van der Waals surface area (Å²) in [6, 6.07) is 7.54. The molecular weight excluding hydrogens is 291 g/mol. The number of nitrogens with zero attached hydrogens (tertiary/aromatic N) is 1. The third-order valence-corrected chi connectivity index (χ3v) is 4.43. The average Bonchev–Trinajstić information content (AvgIpc) is 3.14. The minimum absolute atomic E-state index is 0.228. The Morgan fingerprint density at radius 1 is 1.40 bits per heavy atom. The number of benzene rings is 1. The van der Waals surface area contributed by atoms with Gasteiger partial charge in [0.25, 0.3) is 0 Å². The molecular formula is C15H15FN2S2. The topological polar surface area (TPSA) is 29.3 Å². The van der Waals surface area contributed by atoms with Gasteiger partial charge in [0.15, 0.2) is 0 Å². The zero-order valence-corrected chi connectivity index (χ0v) is 12.5. The molecule has 0 atom stereocenters. The smallest absolute Gasteiger partial charge is 0.147 e. The molecule has 0 amide bonds. The molecule has 2 aromatic rings. The molecule has 2 nitrogen and oxygen atoms in total. The normalized spacial score (nSPS) is 14.2. The molecule has 1 aliphatic rings. The van der Waals surface area contributed by atoms with Gasteiger partial charge in [-0.05, 0) is 53.4 Å². The van der Waals surface area contributed by atoms with Gasteiger partial charge < -0.3 is 10.6 Å². The minimum atomic E-state index is -0.252. The summed E-state index contributed by atoms with van der Waals surface area (Å²) in [4.78, 5) is 2.37. The van der Waals surface area contributed by atoms with E-state index in [1.165, 1.54) is 11.6 Å². The fraction of sp³-hybridized carbons (Fsp3) is 0.267. The Labute approximate surface area is 127 Å². The Hall–Kier alpha value is -1.46. The van der Waals surface area contributed by atoms with E-state index in [1.54, 1.807) is 23.5 Å². The van der Waals surface area contributed by atoms with Crippen LogP contribution in [0.5, 0.6) is 0 Å². The van der Waals surface area contributed by atoms with Crippen molar-refractivity contribution < 1.29 is 4.39 Å². The highest BCUT2D eigenvalue weighted by atomic mass is 32.1. The summed E-state index contributed by atoms with van der Waals surface area (Å²) in [5.41, 5.74) is 7.98. The van der Waals surface area contributed by atoms with Crippen molar-refractivity contribution in [3.05, 3.63) is 52.0 Å². The summed E-state index contributed by atoms with van der Waals surface area (Å²) in [6.07, 6.45) is 2.25. The standard InChI is InChI=1S/C15H15FN2S2/c16-13-7-11(15(17)19)1-4-14(13)18(12-2-3-12)8-10-5-6-20-9-10/h1,4-7,9,12H,2-3,8H2,(H2,17,19). The number of anilines is 1. The predicted molar refractivity (Wildman–Crippen MR) is 85.8 cm³/mol. The molecule has 0 aliphatic heterocycles. The molecule has 3 rings (SSSR count). The summed E-state index contributed by atoms with van der Waals surface area (Å²) in [5.74, 6) is -0.252. The highest BCUT2D eigenvalue weighted by molar-refractivity contribution is 7.80. The predicted octanol–water partition coefficient (Wildman–Crippen LogP) is 3.69. The van der Waals surface area contributed by atoms with Crippen molar-refractivity contribution in [2.75, 3.05) is 4.90 Å². The molecule has 0 radical (unpaired) electrons. The SMILES string of the molecule is NC(=S)c1ccc(N(Cc2ccsc2)C2CC2)c(F)c1. The van der Waals surface area contributed by atoms with E-state index in [4.69, 9.17) is 18.0 Å². The summed E-state index contributed by atoms with van der Waals surface area (Å²) < 4.78 is 14.3. The molecule has 1 heterocycles. The van der Waals surface area contributed by atoms with Crippen LogP contribution in [0.25, 0.3) is 0 Å². The lowest BCUT2D eigenvalue weighted by Gasteiger charge is -2.25. The first-order chi connectivity index (χ1) is 9.65. The summed E-state index contributed by atoms with van der Waals surface area (Å²) in [7, 11) is 0. The Morgan fingerprint density at radius 2 is 2.20 bits per heavy atom. The van der Waals surface area contributed by atoms with Crippen LogP contribution < -0.4 is 10.6 Å². The van der Waals surface area contributed by atoms with E-state index >= 15 is 0 Å². The van der Waals surface area contributed by atoms with Gasteiger partial charge >= 0.3 is 0 Å². The number of halogens is 1. The maximum atomic E-state index is 14.3. The van der Waals surface area contributed by atoms with Crippen molar-refractivity contribution >= 4 is 34.2 Å². The molecule has 0 unspecified atom stereocenters. The fourth-order valence-electron chi connectivity index (χ4n) is 2.27. The van der Waals surface area contributed by atoms with Crippen LogP contribution in [0.1, 0.15) is 24.0 Å². The second kappa shape index (κ2) is 5.50. The van der Waals surface area contributed by atoms with Crippen LogP contribution in [0.15, 0.2) is 35.0 Å². The van der Waals surface area contributed by atoms with Crippen LogP contribution in [0.4, 0.5) is 10.1 Å². The highest BCUT2D eigenvalue weighted by Crippen LogP contribution is 2.35. The molecule has 1 aromatic heterocycles. The van der Waals surface area contributed by atoms with E-state index in [0.717, 1.165) is 19.4 Å². The van der Waals surface area contributed by atoms with E-state index in [9.17, 15) is 4.39 Å². The first kappa shape index (κ1) is 13.5. The molecule has 20 heavy (non-hydrogen) atoms. The van der Waals surface area contributed by atoms with Gasteiger partial charge in [-0.15, -0.1) is 0 Å². The molecule has 1 aromatic carbocycles. The molecule has 1 fully saturated rings. The van der Waals surface area contributed by atoms with E-state index in [-0.39, 0.29) is 10.8 Å². The number of hydrogen-bond donors (Lipinski definition) is 1. The van der Waals surface area contributed by atoms with Crippen LogP contribution in [0.2, 0.25) is 0 Å². The van der Waals surface area contributed by atoms with Crippen molar-refractivity contribution in [3.63, 3.8) is 0 Å². The zero-order chi connectivity index (χ0) is 14.1. The van der Waals surface area contributed by atoms with E-state index in [1.807, 2.05) is 5.38 Å². The number of rotatable bonds is 5. The van der Waals surface area contributed by atoms with Gasteiger partial charge in [0.2, 0.25) is 0 Å². The lowest BCUT2D eigenvalue weighted by Crippen LogP contribution is -2.26. The average molecular weight is 306 g/mol. The molecule has 2 N–H and O–H groups in total. The molecule has 0 saturated heterocycles. The van der Waals surface area contributed by atoms with E-state index < -0.39 is 0 Å². The second-order valence-electron chi connectivity index (χ2n) is 5.02. The van der Waals surface area contributed by atoms with Crippen LogP contribution in [0.3, 0.4) is 0 Å². The number of thiophene rings is 1. The lowest BCUT2D eigenvalue weighted by atomic mass is 10.1. The number of nitrogens with two attached hydrogens (primary N) is 1. The lowest BCUT2D eigenvalue weighted by molar-refractivity contribution is 0.614. The first-order valence-electron chi connectivity index (χ1n) is 6.52. The van der Waals surface area contributed by atoms with Crippen molar-refractivity contribution in [2.45, 2.75) is 25.4 Å². The van der Waals surface area contributed by atoms with Crippen molar-refractivity contribution in [1.29, 1.82) is 0 Å². The van der Waals surface area contributed by atoms with Gasteiger partial charge in [-0.3, -0.25) is 0 Å². The Balaban J connectivity index is 1.89. The molecule has 1 saturated carbocycles. The van der Waals surface area contributed by atoms with Crippen LogP contribution >= 0.6 is 23.6 Å². The third kappa shape index (κ3) is 2.83. The van der Waals surface area contributed by atoms with E-state index in [0.29, 0.717) is 17.3 Å². The third-order valence-electron chi connectivity index (χ3n) is 3.46. The van der Waals surface area contributed by atoms with E-state index in [2.05, 4.69) is 16.3 Å². The van der Waals surface area contributed by atoms with Gasteiger partial charge in [0.05, 0.1) is 5.69 Å². The largest absolute Gasteiger partial charge is 0.389 e. The number of thiocarbonyl (C=S) groups is 1. The Kier molecular flexibility index (Phi) is 3.72. The second-order valence-corrected chi connectivity index (χ2v) is 6.24. The fourth-order valence-corrected chi connectivity index (χ4v) is 3.06. The Morgan fingerprint density at radius 3 is 2.75 bits per heavy atom. The highest BCUT2D eigenvalue weighted by Gasteiger charge is 2.30. The van der Waals surface area contributed by atoms with Crippen molar-refractivity contribution in [3.8, 4) is 0 Å². The van der Waals surface area contributed by atoms with Gasteiger partial charge in [0.1, 0.15) is 10.8 Å². The van der Waals surface area contributed by atoms with Gasteiger partial charge in [-0.1, -0.05) is 12.2 Å². The van der Waals surface area contributed by atoms with Crippen LogP contribution in [-0.2, 0) is 6.54 Å². The monoisotopic (exact) mass is 306 g/mol. The first-order valence-corrected chi connectivity index (χ1v) is 7.87. The van der Waals surface area contributed by atoms with Crippen molar-refractivity contribution in [2.24, 2.45) is 5.73 Å². The molecule has 1 aliphatic carbocycles. The molecule has 0 bridgehead atoms. The quantitative estimate of drug-likeness (QED) is 0.854. The molecule has 0 spiro atoms. The number of hydrogen-bond acceptors (Lipinski definition) is 3. The zero-order valence-electron chi connectivity index (χ0n) is 10.9. The molecule has 5 heteroatoms.